The summed E-state index contributed by atoms with van der Waals surface area (Å²) in [6.07, 6.45) is 1.18. The molecule has 3 nitrogen and oxygen atoms in total. The topological polar surface area (TPSA) is 53.2 Å². The molecule has 0 aliphatic carbocycles. The maximum atomic E-state index is 8.50. The second-order valence-corrected chi connectivity index (χ2v) is 2.13. The maximum absolute atomic E-state index is 8.50. The number of rotatable bonds is 5. The van der Waals surface area contributed by atoms with Gasteiger partial charge in [0.2, 0.25) is 0 Å². The van der Waals surface area contributed by atoms with Gasteiger partial charge in [0, 0.05) is 13.0 Å². The summed E-state index contributed by atoms with van der Waals surface area (Å²) >= 11 is 0. The Balaban J connectivity index is 2.98. The van der Waals surface area contributed by atoms with Gasteiger partial charge in [0.05, 0.1) is 18.8 Å². The van der Waals surface area contributed by atoms with Crippen molar-refractivity contribution in [3.05, 3.63) is 0 Å². The summed E-state index contributed by atoms with van der Waals surface area (Å²) in [5.41, 5.74) is 0. The predicted molar refractivity (Wildman–Crippen MR) is 37.3 cm³/mol. The van der Waals surface area contributed by atoms with E-state index in [1.165, 1.54) is 0 Å². The van der Waals surface area contributed by atoms with Gasteiger partial charge >= 0.3 is 0 Å². The number of unbranched alkanes of at least 4 members (excludes halogenated alkanes) is 1. The molecule has 0 aromatic heterocycles. The van der Waals surface area contributed by atoms with E-state index < -0.39 is 0 Å². The molecule has 0 rings (SSSR count). The lowest BCUT2D eigenvalue weighted by molar-refractivity contribution is 0.0243. The first kappa shape index (κ1) is 9.41. The third-order valence-corrected chi connectivity index (χ3v) is 1.09. The van der Waals surface area contributed by atoms with Gasteiger partial charge in [-0.15, -0.1) is 0 Å². The van der Waals surface area contributed by atoms with E-state index in [0.717, 1.165) is 6.42 Å². The molecule has 0 radical (unpaired) electrons. The van der Waals surface area contributed by atoms with Gasteiger partial charge < -0.3 is 9.84 Å². The van der Waals surface area contributed by atoms with Crippen molar-refractivity contribution in [3.8, 4) is 6.07 Å². The Morgan fingerprint density at radius 3 is 2.90 bits per heavy atom. The Morgan fingerprint density at radius 2 is 2.40 bits per heavy atom. The molecule has 0 aliphatic rings. The van der Waals surface area contributed by atoms with Crippen molar-refractivity contribution in [2.75, 3.05) is 13.2 Å². The Hall–Kier alpha value is -0.590. The number of nitrogens with zero attached hydrogens (tertiary/aromatic N) is 1. The fourth-order valence-corrected chi connectivity index (χ4v) is 0.488. The van der Waals surface area contributed by atoms with Crippen molar-refractivity contribution in [2.45, 2.75) is 25.9 Å². The Bertz CT molecular complexity index is 109. The summed E-state index contributed by atoms with van der Waals surface area (Å²) in [5, 5.41) is 16.6. The quantitative estimate of drug-likeness (QED) is 0.576. The molecule has 0 aromatic carbocycles. The fraction of sp³-hybridized carbons (Fsp3) is 0.857. The molecule has 0 saturated heterocycles. The van der Waals surface area contributed by atoms with Gasteiger partial charge in [-0.3, -0.25) is 0 Å². The minimum atomic E-state index is -0.0984. The molecule has 0 spiro atoms. The van der Waals surface area contributed by atoms with Crippen LogP contribution in [0, 0.1) is 11.3 Å². The zero-order valence-corrected chi connectivity index (χ0v) is 6.21. The highest BCUT2D eigenvalue weighted by Gasteiger charge is 1.97. The summed E-state index contributed by atoms with van der Waals surface area (Å²) < 4.78 is 5.09. The monoisotopic (exact) mass is 143 g/mol. The summed E-state index contributed by atoms with van der Waals surface area (Å²) in [6, 6.07) is 2.02. The molecular weight excluding hydrogens is 130 g/mol. The first-order chi connectivity index (χ1) is 4.81. The van der Waals surface area contributed by atoms with E-state index >= 15 is 0 Å². The van der Waals surface area contributed by atoms with Crippen molar-refractivity contribution in [1.82, 2.24) is 0 Å². The smallest absolute Gasteiger partial charge is 0.0777 e. The van der Waals surface area contributed by atoms with Crippen LogP contribution in [0.2, 0.25) is 0 Å². The van der Waals surface area contributed by atoms with Crippen LogP contribution in [0.15, 0.2) is 0 Å². The van der Waals surface area contributed by atoms with E-state index in [1.807, 2.05) is 6.07 Å². The summed E-state index contributed by atoms with van der Waals surface area (Å²) in [5.74, 6) is 0. The highest BCUT2D eigenvalue weighted by Crippen LogP contribution is 1.92. The molecular formula is C7H13NO2. The lowest BCUT2D eigenvalue weighted by Gasteiger charge is -2.07. The van der Waals surface area contributed by atoms with Gasteiger partial charge in [-0.25, -0.2) is 0 Å². The van der Waals surface area contributed by atoms with Gasteiger partial charge in [0.25, 0.3) is 0 Å². The molecule has 0 fully saturated rings. The number of aliphatic hydroxyl groups is 1. The molecule has 58 valence electrons. The molecule has 10 heavy (non-hydrogen) atoms. The van der Waals surface area contributed by atoms with E-state index in [4.69, 9.17) is 15.1 Å². The molecule has 0 heterocycles. The van der Waals surface area contributed by atoms with E-state index in [-0.39, 0.29) is 12.7 Å². The highest BCUT2D eigenvalue weighted by molar-refractivity contribution is 4.67. The zero-order chi connectivity index (χ0) is 7.82. The van der Waals surface area contributed by atoms with Crippen LogP contribution in [-0.4, -0.2) is 24.4 Å². The van der Waals surface area contributed by atoms with Crippen LogP contribution in [0.5, 0.6) is 0 Å². The summed E-state index contributed by atoms with van der Waals surface area (Å²) in [7, 11) is 0. The first-order valence-electron chi connectivity index (χ1n) is 3.40. The van der Waals surface area contributed by atoms with Crippen LogP contribution in [-0.2, 0) is 4.74 Å². The molecule has 0 saturated carbocycles. The van der Waals surface area contributed by atoms with E-state index in [9.17, 15) is 0 Å². The molecule has 1 N–H and O–H groups in total. The minimum absolute atomic E-state index is 0.0482. The fourth-order valence-electron chi connectivity index (χ4n) is 0.488. The van der Waals surface area contributed by atoms with Crippen LogP contribution in [0.3, 0.4) is 0 Å². The van der Waals surface area contributed by atoms with Crippen molar-refractivity contribution < 1.29 is 9.84 Å². The zero-order valence-electron chi connectivity index (χ0n) is 6.21. The van der Waals surface area contributed by atoms with Gasteiger partial charge in [0.1, 0.15) is 0 Å². The number of hydrogen-bond donors (Lipinski definition) is 1. The second kappa shape index (κ2) is 6.53. The lowest BCUT2D eigenvalue weighted by atomic mass is 10.3. The first-order valence-corrected chi connectivity index (χ1v) is 3.40. The Labute approximate surface area is 61.2 Å². The normalized spacial score (nSPS) is 12.5. The predicted octanol–water partition coefficient (Wildman–Crippen LogP) is 0.688. The second-order valence-electron chi connectivity index (χ2n) is 2.13. The van der Waals surface area contributed by atoms with Crippen molar-refractivity contribution in [3.63, 3.8) is 0 Å². The van der Waals surface area contributed by atoms with Crippen LogP contribution in [0.1, 0.15) is 19.8 Å². The van der Waals surface area contributed by atoms with Crippen LogP contribution < -0.4 is 0 Å². The number of hydrogen-bond acceptors (Lipinski definition) is 3. The van der Waals surface area contributed by atoms with Crippen molar-refractivity contribution in [2.24, 2.45) is 0 Å². The van der Waals surface area contributed by atoms with Crippen molar-refractivity contribution >= 4 is 0 Å². The molecule has 0 amide bonds. The van der Waals surface area contributed by atoms with Gasteiger partial charge in [0.15, 0.2) is 0 Å². The van der Waals surface area contributed by atoms with E-state index in [2.05, 4.69) is 0 Å². The lowest BCUT2D eigenvalue weighted by Crippen LogP contribution is -2.13. The Kier molecular flexibility index (Phi) is 6.14. The van der Waals surface area contributed by atoms with Crippen LogP contribution in [0.25, 0.3) is 0 Å². The van der Waals surface area contributed by atoms with Crippen LogP contribution in [0.4, 0.5) is 0 Å². The summed E-state index contributed by atoms with van der Waals surface area (Å²) in [4.78, 5) is 0. The molecule has 0 bridgehead atoms. The highest BCUT2D eigenvalue weighted by atomic mass is 16.5. The third kappa shape index (κ3) is 5.54. The third-order valence-electron chi connectivity index (χ3n) is 1.09. The van der Waals surface area contributed by atoms with Gasteiger partial charge in [-0.05, 0) is 13.3 Å². The van der Waals surface area contributed by atoms with Gasteiger partial charge in [-0.2, -0.15) is 5.26 Å². The maximum Gasteiger partial charge on any atom is 0.0777 e. The SMILES string of the molecule is CC(CO)OCCCC#N. The van der Waals surface area contributed by atoms with Gasteiger partial charge in [-0.1, -0.05) is 0 Å². The Morgan fingerprint density at radius 1 is 1.70 bits per heavy atom. The molecule has 1 unspecified atom stereocenters. The standard InChI is InChI=1S/C7H13NO2/c1-7(6-9)10-5-3-2-4-8/h7,9H,2-3,5-6H2,1H3. The average molecular weight is 143 g/mol. The summed E-state index contributed by atoms with van der Waals surface area (Å²) in [6.45, 7) is 2.41. The molecule has 0 aromatic rings. The molecule has 3 heteroatoms. The number of aliphatic hydroxyl groups excluding tert-OH is 1. The average Bonchev–Trinajstić information content (AvgIpc) is 1.98. The largest absolute Gasteiger partial charge is 0.394 e. The van der Waals surface area contributed by atoms with Crippen molar-refractivity contribution in [1.29, 1.82) is 5.26 Å². The van der Waals surface area contributed by atoms with E-state index in [1.54, 1.807) is 6.92 Å². The minimum Gasteiger partial charge on any atom is -0.394 e. The number of nitriles is 1. The number of ether oxygens (including phenoxy) is 1. The van der Waals surface area contributed by atoms with E-state index in [0.29, 0.717) is 13.0 Å². The molecule has 1 atom stereocenters. The van der Waals surface area contributed by atoms with Crippen LogP contribution >= 0.6 is 0 Å². The molecule has 0 aliphatic heterocycles.